The molecule has 0 aliphatic rings. The normalized spacial score (nSPS) is 10.5. The maximum atomic E-state index is 11.6. The third-order valence-electron chi connectivity index (χ3n) is 2.69. The van der Waals surface area contributed by atoms with Gasteiger partial charge in [0, 0.05) is 17.7 Å². The molecule has 2 aromatic rings. The molecule has 0 unspecified atom stereocenters. The minimum atomic E-state index is -0.481. The van der Waals surface area contributed by atoms with Crippen LogP contribution in [0.5, 0.6) is 0 Å². The van der Waals surface area contributed by atoms with Crippen molar-refractivity contribution in [3.63, 3.8) is 0 Å². The van der Waals surface area contributed by atoms with Gasteiger partial charge < -0.3 is 0 Å². The zero-order valence-corrected chi connectivity index (χ0v) is 11.1. The fraction of sp³-hybridized carbons (Fsp3) is 0.0667. The topological polar surface area (TPSA) is 84.6 Å². The number of nitrogens with zero attached hydrogens (tertiary/aromatic N) is 2. The summed E-state index contributed by atoms with van der Waals surface area (Å²) in [4.78, 5) is 21.8. The monoisotopic (exact) mass is 283 g/mol. The number of rotatable bonds is 5. The number of carbonyl (C=O) groups excluding carboxylic acids is 1. The van der Waals surface area contributed by atoms with Crippen molar-refractivity contribution < 1.29 is 9.72 Å². The molecule has 106 valence electrons. The molecule has 0 fully saturated rings. The SMILES string of the molecule is O=C(Cc1ccccc1)N/N=C\c1cccc([N+](=O)[O-])c1. The van der Waals surface area contributed by atoms with E-state index >= 15 is 0 Å². The van der Waals surface area contributed by atoms with Crippen LogP contribution in [-0.4, -0.2) is 17.0 Å². The van der Waals surface area contributed by atoms with Crippen molar-refractivity contribution in [2.24, 2.45) is 5.10 Å². The van der Waals surface area contributed by atoms with Gasteiger partial charge in [0.25, 0.3) is 5.69 Å². The van der Waals surface area contributed by atoms with Crippen LogP contribution in [-0.2, 0) is 11.2 Å². The summed E-state index contributed by atoms with van der Waals surface area (Å²) in [5.41, 5.74) is 3.81. The summed E-state index contributed by atoms with van der Waals surface area (Å²) in [5.74, 6) is -0.247. The highest BCUT2D eigenvalue weighted by Crippen LogP contribution is 2.11. The van der Waals surface area contributed by atoms with E-state index in [0.29, 0.717) is 5.56 Å². The van der Waals surface area contributed by atoms with Crippen molar-refractivity contribution in [3.8, 4) is 0 Å². The second kappa shape index (κ2) is 6.95. The molecule has 21 heavy (non-hydrogen) atoms. The lowest BCUT2D eigenvalue weighted by Crippen LogP contribution is -2.19. The van der Waals surface area contributed by atoms with Gasteiger partial charge in [0.1, 0.15) is 0 Å². The quantitative estimate of drug-likeness (QED) is 0.519. The van der Waals surface area contributed by atoms with Crippen LogP contribution in [0.1, 0.15) is 11.1 Å². The third kappa shape index (κ3) is 4.54. The van der Waals surface area contributed by atoms with Gasteiger partial charge in [0.15, 0.2) is 0 Å². The lowest BCUT2D eigenvalue weighted by Gasteiger charge is -2.00. The minimum Gasteiger partial charge on any atom is -0.273 e. The molecule has 1 amide bonds. The van der Waals surface area contributed by atoms with Gasteiger partial charge in [-0.25, -0.2) is 5.43 Å². The average Bonchev–Trinajstić information content (AvgIpc) is 2.48. The molecule has 6 nitrogen and oxygen atoms in total. The van der Waals surface area contributed by atoms with E-state index < -0.39 is 4.92 Å². The highest BCUT2D eigenvalue weighted by molar-refractivity contribution is 5.83. The summed E-state index contributed by atoms with van der Waals surface area (Å²) in [6, 6.07) is 15.3. The number of hydrogen-bond donors (Lipinski definition) is 1. The van der Waals surface area contributed by atoms with Crippen LogP contribution < -0.4 is 5.43 Å². The van der Waals surface area contributed by atoms with Crippen LogP contribution in [0.4, 0.5) is 5.69 Å². The largest absolute Gasteiger partial charge is 0.273 e. The maximum absolute atomic E-state index is 11.6. The Kier molecular flexibility index (Phi) is 4.76. The van der Waals surface area contributed by atoms with Crippen LogP contribution in [0.25, 0.3) is 0 Å². The summed E-state index contributed by atoms with van der Waals surface area (Å²) < 4.78 is 0. The van der Waals surface area contributed by atoms with E-state index in [9.17, 15) is 14.9 Å². The highest BCUT2D eigenvalue weighted by atomic mass is 16.6. The third-order valence-corrected chi connectivity index (χ3v) is 2.69. The van der Waals surface area contributed by atoms with Gasteiger partial charge in [-0.2, -0.15) is 5.10 Å². The van der Waals surface area contributed by atoms with Gasteiger partial charge in [-0.05, 0) is 5.56 Å². The molecule has 1 N–H and O–H groups in total. The Morgan fingerprint density at radius 2 is 1.95 bits per heavy atom. The van der Waals surface area contributed by atoms with Gasteiger partial charge in [0.2, 0.25) is 5.91 Å². The predicted molar refractivity (Wildman–Crippen MR) is 79.0 cm³/mol. The van der Waals surface area contributed by atoms with E-state index in [1.807, 2.05) is 30.3 Å². The summed E-state index contributed by atoms with van der Waals surface area (Å²) in [6.07, 6.45) is 1.60. The molecule has 0 radical (unpaired) electrons. The summed E-state index contributed by atoms with van der Waals surface area (Å²) in [7, 11) is 0. The van der Waals surface area contributed by atoms with Gasteiger partial charge >= 0.3 is 0 Å². The van der Waals surface area contributed by atoms with E-state index in [2.05, 4.69) is 10.5 Å². The minimum absolute atomic E-state index is 0.0189. The Hall–Kier alpha value is -3.02. The first kappa shape index (κ1) is 14.4. The van der Waals surface area contributed by atoms with Crippen molar-refractivity contribution >= 4 is 17.8 Å². The molecule has 0 aliphatic heterocycles. The summed E-state index contributed by atoms with van der Waals surface area (Å²) in [5, 5.41) is 14.4. The fourth-order valence-corrected chi connectivity index (χ4v) is 1.72. The molecule has 0 atom stereocenters. The molecular formula is C15H13N3O3. The zero-order chi connectivity index (χ0) is 15.1. The van der Waals surface area contributed by atoms with Crippen molar-refractivity contribution in [3.05, 3.63) is 75.8 Å². The van der Waals surface area contributed by atoms with Crippen LogP contribution in [0.2, 0.25) is 0 Å². The Morgan fingerprint density at radius 1 is 1.19 bits per heavy atom. The van der Waals surface area contributed by atoms with E-state index in [1.165, 1.54) is 18.3 Å². The number of nitro benzene ring substituents is 1. The molecule has 0 bridgehead atoms. The van der Waals surface area contributed by atoms with Gasteiger partial charge in [0.05, 0.1) is 17.6 Å². The predicted octanol–water partition coefficient (Wildman–Crippen LogP) is 2.29. The molecule has 0 heterocycles. The lowest BCUT2D eigenvalue weighted by atomic mass is 10.1. The van der Waals surface area contributed by atoms with Crippen molar-refractivity contribution in [1.82, 2.24) is 5.43 Å². The molecule has 0 aliphatic carbocycles. The first-order valence-corrected chi connectivity index (χ1v) is 6.25. The van der Waals surface area contributed by atoms with Crippen LogP contribution in [0, 0.1) is 10.1 Å². The summed E-state index contributed by atoms with van der Waals surface area (Å²) >= 11 is 0. The van der Waals surface area contributed by atoms with Gasteiger partial charge in [-0.3, -0.25) is 14.9 Å². The van der Waals surface area contributed by atoms with E-state index in [4.69, 9.17) is 0 Å². The van der Waals surface area contributed by atoms with Crippen molar-refractivity contribution in [2.75, 3.05) is 0 Å². The number of hydrogen-bond acceptors (Lipinski definition) is 4. The number of hydrazone groups is 1. The smallest absolute Gasteiger partial charge is 0.270 e. The number of benzene rings is 2. The average molecular weight is 283 g/mol. The van der Waals surface area contributed by atoms with Gasteiger partial charge in [-0.1, -0.05) is 42.5 Å². The number of nitro groups is 1. The van der Waals surface area contributed by atoms with Crippen LogP contribution in [0.15, 0.2) is 59.7 Å². The lowest BCUT2D eigenvalue weighted by molar-refractivity contribution is -0.384. The van der Waals surface area contributed by atoms with E-state index in [0.717, 1.165) is 5.56 Å². The Morgan fingerprint density at radius 3 is 2.67 bits per heavy atom. The fourth-order valence-electron chi connectivity index (χ4n) is 1.72. The van der Waals surface area contributed by atoms with Crippen LogP contribution in [0.3, 0.4) is 0 Å². The first-order valence-electron chi connectivity index (χ1n) is 6.25. The summed E-state index contributed by atoms with van der Waals surface area (Å²) in [6.45, 7) is 0. The maximum Gasteiger partial charge on any atom is 0.270 e. The second-order valence-electron chi connectivity index (χ2n) is 4.31. The van der Waals surface area contributed by atoms with E-state index in [-0.39, 0.29) is 18.0 Å². The zero-order valence-electron chi connectivity index (χ0n) is 11.1. The second-order valence-corrected chi connectivity index (χ2v) is 4.31. The molecule has 6 heteroatoms. The number of nitrogens with one attached hydrogen (secondary N) is 1. The van der Waals surface area contributed by atoms with Crippen molar-refractivity contribution in [2.45, 2.75) is 6.42 Å². The number of carbonyl (C=O) groups is 1. The molecule has 0 saturated carbocycles. The molecule has 0 saturated heterocycles. The Labute approximate surface area is 121 Å². The number of amides is 1. The molecule has 0 spiro atoms. The highest BCUT2D eigenvalue weighted by Gasteiger charge is 2.04. The van der Waals surface area contributed by atoms with Crippen molar-refractivity contribution in [1.29, 1.82) is 0 Å². The molecule has 2 aromatic carbocycles. The first-order chi connectivity index (χ1) is 10.1. The molecule has 0 aromatic heterocycles. The van der Waals surface area contributed by atoms with E-state index in [1.54, 1.807) is 12.1 Å². The Balaban J connectivity index is 1.91. The number of non-ortho nitro benzene ring substituents is 1. The molecular weight excluding hydrogens is 270 g/mol. The standard InChI is InChI=1S/C15H13N3O3/c19-15(10-12-5-2-1-3-6-12)17-16-11-13-7-4-8-14(9-13)18(20)21/h1-9,11H,10H2,(H,17,19)/b16-11-. The van der Waals surface area contributed by atoms with Gasteiger partial charge in [-0.15, -0.1) is 0 Å². The van der Waals surface area contributed by atoms with Crippen LogP contribution >= 0.6 is 0 Å². The Bertz CT molecular complexity index is 669. The molecule has 2 rings (SSSR count).